The molecule has 0 saturated carbocycles. The fourth-order valence-corrected chi connectivity index (χ4v) is 4.10. The molecule has 0 spiro atoms. The number of thiophene rings is 1. The van der Waals surface area contributed by atoms with Crippen LogP contribution in [0.25, 0.3) is 5.82 Å². The van der Waals surface area contributed by atoms with E-state index in [1.54, 1.807) is 23.7 Å². The van der Waals surface area contributed by atoms with Gasteiger partial charge in [-0.15, -0.1) is 11.3 Å². The molecule has 0 bridgehead atoms. The number of aromatic nitrogens is 3. The summed E-state index contributed by atoms with van der Waals surface area (Å²) in [5, 5.41) is 6.13. The number of aryl methyl sites for hydroxylation is 2. The van der Waals surface area contributed by atoms with Gasteiger partial charge in [-0.3, -0.25) is 15.0 Å². The molecule has 2 N–H and O–H groups in total. The van der Waals surface area contributed by atoms with E-state index < -0.39 is 12.0 Å². The van der Waals surface area contributed by atoms with Crippen molar-refractivity contribution in [3.8, 4) is 5.82 Å². The number of amides is 2. The zero-order chi connectivity index (χ0) is 21.8. The molecule has 0 unspecified atom stereocenters. The van der Waals surface area contributed by atoms with Crippen LogP contribution in [-0.4, -0.2) is 39.7 Å². The Morgan fingerprint density at radius 3 is 2.70 bits per heavy atom. The van der Waals surface area contributed by atoms with Crippen LogP contribution in [0.15, 0.2) is 34.4 Å². The molecule has 30 heavy (non-hydrogen) atoms. The van der Waals surface area contributed by atoms with Gasteiger partial charge in [-0.25, -0.2) is 19.9 Å². The first kappa shape index (κ1) is 21.7. The highest BCUT2D eigenvalue weighted by atomic mass is 79.9. The predicted molar refractivity (Wildman–Crippen MR) is 114 cm³/mol. The predicted octanol–water partition coefficient (Wildman–Crippen LogP) is 3.13. The minimum atomic E-state index is -0.797. The summed E-state index contributed by atoms with van der Waals surface area (Å²) in [7, 11) is 1.19. The number of halogens is 1. The van der Waals surface area contributed by atoms with Crippen LogP contribution < -0.4 is 10.9 Å². The maximum absolute atomic E-state index is 13.1. The second-order valence-electron chi connectivity index (χ2n) is 6.31. The van der Waals surface area contributed by atoms with E-state index >= 15 is 0 Å². The molecule has 0 radical (unpaired) electrons. The Balaban J connectivity index is 1.88. The van der Waals surface area contributed by atoms with Crippen molar-refractivity contribution in [2.75, 3.05) is 7.11 Å². The molecule has 11 heteroatoms. The first-order valence-corrected chi connectivity index (χ1v) is 10.4. The second kappa shape index (κ2) is 9.18. The van der Waals surface area contributed by atoms with E-state index in [9.17, 15) is 14.4 Å². The number of methoxy groups -OCH3 is 1. The van der Waals surface area contributed by atoms with Crippen molar-refractivity contribution in [2.24, 2.45) is 0 Å². The standard InChI is InChI=1S/C19H18BrN5O4S/c1-10-5-4-6-21-17(10)25-13(8-15(20)24-25)14(26)7-12-11(2)9-30-16(12)18(27)22-23-19(28)29-3/h4-6,8-9H,7H2,1-3H3,(H,22,27)(H,23,28). The average molecular weight is 492 g/mol. The molecular formula is C19H18BrN5O4S. The number of carbonyl (C=O) groups excluding carboxylic acids is 3. The number of nitrogens with zero attached hydrogens (tertiary/aromatic N) is 3. The number of nitrogens with one attached hydrogen (secondary N) is 2. The summed E-state index contributed by atoms with van der Waals surface area (Å²) in [6.07, 6.45) is 0.820. The van der Waals surface area contributed by atoms with Crippen molar-refractivity contribution in [2.45, 2.75) is 20.3 Å². The molecule has 0 fully saturated rings. The normalized spacial score (nSPS) is 10.5. The van der Waals surface area contributed by atoms with Crippen molar-refractivity contribution in [1.82, 2.24) is 25.6 Å². The van der Waals surface area contributed by atoms with Crippen LogP contribution >= 0.6 is 27.3 Å². The van der Waals surface area contributed by atoms with Gasteiger partial charge in [-0.2, -0.15) is 5.10 Å². The van der Waals surface area contributed by atoms with E-state index in [2.05, 4.69) is 41.6 Å². The molecule has 0 atom stereocenters. The summed E-state index contributed by atoms with van der Waals surface area (Å²) in [6.45, 7) is 3.70. The topological polar surface area (TPSA) is 115 Å². The van der Waals surface area contributed by atoms with Crippen LogP contribution in [0.2, 0.25) is 0 Å². The number of hydrogen-bond donors (Lipinski definition) is 2. The van der Waals surface area contributed by atoms with Gasteiger partial charge < -0.3 is 4.74 Å². The van der Waals surface area contributed by atoms with E-state index in [0.717, 1.165) is 11.1 Å². The fraction of sp³-hybridized carbons (Fsp3) is 0.211. The number of hydrogen-bond acceptors (Lipinski definition) is 7. The molecule has 3 rings (SSSR count). The summed E-state index contributed by atoms with van der Waals surface area (Å²) in [6, 6.07) is 5.31. The van der Waals surface area contributed by atoms with E-state index in [0.29, 0.717) is 26.6 Å². The highest BCUT2D eigenvalue weighted by Crippen LogP contribution is 2.25. The Hall–Kier alpha value is -3.05. The van der Waals surface area contributed by atoms with Gasteiger partial charge in [0, 0.05) is 18.7 Å². The van der Waals surface area contributed by atoms with Crippen LogP contribution in [-0.2, 0) is 11.2 Å². The smallest absolute Gasteiger partial charge is 0.425 e. The van der Waals surface area contributed by atoms with Crippen LogP contribution in [0.5, 0.6) is 0 Å². The van der Waals surface area contributed by atoms with Crippen molar-refractivity contribution in [3.05, 3.63) is 61.6 Å². The Morgan fingerprint density at radius 2 is 2.00 bits per heavy atom. The number of Topliss-reactive ketones (excluding diaryl/α,β-unsaturated/α-hetero) is 1. The number of carbonyl (C=O) groups is 3. The SMILES string of the molecule is COC(=O)NNC(=O)c1scc(C)c1CC(=O)c1cc(Br)nn1-c1ncccc1C. The zero-order valence-corrected chi connectivity index (χ0v) is 18.8. The van der Waals surface area contributed by atoms with Gasteiger partial charge in [0.2, 0.25) is 0 Å². The van der Waals surface area contributed by atoms with Gasteiger partial charge in [0.05, 0.1) is 12.0 Å². The third-order valence-electron chi connectivity index (χ3n) is 4.26. The molecule has 0 aliphatic heterocycles. The van der Waals surface area contributed by atoms with Crippen molar-refractivity contribution < 1.29 is 19.1 Å². The lowest BCUT2D eigenvalue weighted by Gasteiger charge is -2.10. The van der Waals surface area contributed by atoms with Gasteiger partial charge in [-0.1, -0.05) is 6.07 Å². The Labute approximate surface area is 184 Å². The molecule has 3 heterocycles. The van der Waals surface area contributed by atoms with Crippen molar-refractivity contribution in [1.29, 1.82) is 0 Å². The lowest BCUT2D eigenvalue weighted by molar-refractivity contribution is 0.0923. The fourth-order valence-electron chi connectivity index (χ4n) is 2.76. The van der Waals surface area contributed by atoms with E-state index in [-0.39, 0.29) is 12.2 Å². The number of hydrazine groups is 1. The van der Waals surface area contributed by atoms with Gasteiger partial charge in [0.1, 0.15) is 10.3 Å². The van der Waals surface area contributed by atoms with Gasteiger partial charge in [0.25, 0.3) is 5.91 Å². The molecular weight excluding hydrogens is 474 g/mol. The molecule has 2 amide bonds. The van der Waals surface area contributed by atoms with Gasteiger partial charge >= 0.3 is 6.09 Å². The highest BCUT2D eigenvalue weighted by molar-refractivity contribution is 9.10. The number of ketones is 1. The van der Waals surface area contributed by atoms with Gasteiger partial charge in [0.15, 0.2) is 11.6 Å². The van der Waals surface area contributed by atoms with E-state index in [4.69, 9.17) is 0 Å². The quantitative estimate of drug-likeness (QED) is 0.418. The third-order valence-corrected chi connectivity index (χ3v) is 5.78. The Morgan fingerprint density at radius 1 is 1.23 bits per heavy atom. The highest BCUT2D eigenvalue weighted by Gasteiger charge is 2.23. The largest absolute Gasteiger partial charge is 0.452 e. The Bertz CT molecular complexity index is 1120. The lowest BCUT2D eigenvalue weighted by atomic mass is 10.0. The summed E-state index contributed by atoms with van der Waals surface area (Å²) >= 11 is 4.51. The summed E-state index contributed by atoms with van der Waals surface area (Å²) in [4.78, 5) is 41.4. The molecule has 0 aliphatic carbocycles. The van der Waals surface area contributed by atoms with Gasteiger partial charge in [-0.05, 0) is 57.9 Å². The lowest BCUT2D eigenvalue weighted by Crippen LogP contribution is -2.41. The minimum Gasteiger partial charge on any atom is -0.452 e. The average Bonchev–Trinajstić information content (AvgIpc) is 3.29. The minimum absolute atomic E-state index is 0.0136. The number of pyridine rings is 1. The number of rotatable bonds is 5. The third kappa shape index (κ3) is 4.57. The summed E-state index contributed by atoms with van der Waals surface area (Å²) in [5.41, 5.74) is 6.98. The van der Waals surface area contributed by atoms with Crippen molar-refractivity contribution in [3.63, 3.8) is 0 Å². The molecule has 156 valence electrons. The molecule has 0 aromatic carbocycles. The molecule has 3 aromatic heterocycles. The number of ether oxygens (including phenoxy) is 1. The van der Waals surface area contributed by atoms with Crippen molar-refractivity contribution >= 4 is 45.1 Å². The van der Waals surface area contributed by atoms with Crippen LogP contribution in [0.1, 0.15) is 36.9 Å². The molecule has 3 aromatic rings. The summed E-state index contributed by atoms with van der Waals surface area (Å²) < 4.78 is 6.41. The molecule has 0 aliphatic rings. The monoisotopic (exact) mass is 491 g/mol. The van der Waals surface area contributed by atoms with E-state index in [1.165, 1.54) is 23.1 Å². The Kier molecular flexibility index (Phi) is 6.63. The second-order valence-corrected chi connectivity index (χ2v) is 8.00. The van der Waals surface area contributed by atoms with Crippen LogP contribution in [0, 0.1) is 13.8 Å². The maximum Gasteiger partial charge on any atom is 0.425 e. The van der Waals surface area contributed by atoms with Crippen LogP contribution in [0.3, 0.4) is 0 Å². The maximum atomic E-state index is 13.1. The first-order chi connectivity index (χ1) is 14.3. The molecule has 0 saturated heterocycles. The molecule has 9 nitrogen and oxygen atoms in total. The first-order valence-electron chi connectivity index (χ1n) is 8.73. The van der Waals surface area contributed by atoms with E-state index in [1.807, 2.05) is 19.9 Å². The zero-order valence-electron chi connectivity index (χ0n) is 16.4. The van der Waals surface area contributed by atoms with Crippen LogP contribution in [0.4, 0.5) is 4.79 Å². The summed E-state index contributed by atoms with van der Waals surface area (Å²) in [5.74, 6) is -0.208.